The Morgan fingerprint density at radius 1 is 1.25 bits per heavy atom. The number of benzene rings is 1. The van der Waals surface area contributed by atoms with E-state index < -0.39 is 10.0 Å². The molecule has 1 aliphatic carbocycles. The summed E-state index contributed by atoms with van der Waals surface area (Å²) in [7, 11) is -3.51. The lowest BCUT2D eigenvalue weighted by atomic mass is 9.88. The zero-order valence-electron chi connectivity index (χ0n) is 11.8. The van der Waals surface area contributed by atoms with Crippen molar-refractivity contribution in [3.63, 3.8) is 0 Å². The van der Waals surface area contributed by atoms with Crippen LogP contribution in [-0.4, -0.2) is 14.5 Å². The minimum atomic E-state index is -3.51. The Morgan fingerprint density at radius 3 is 2.45 bits per heavy atom. The van der Waals surface area contributed by atoms with Gasteiger partial charge in [0.15, 0.2) is 0 Å². The van der Waals surface area contributed by atoms with Gasteiger partial charge in [-0.15, -0.1) is 0 Å². The number of nitrogens with one attached hydrogen (secondary N) is 1. The van der Waals surface area contributed by atoms with E-state index in [9.17, 15) is 8.42 Å². The molecule has 1 unspecified atom stereocenters. The molecule has 0 heterocycles. The summed E-state index contributed by atoms with van der Waals surface area (Å²) in [5.41, 5.74) is 1.01. The van der Waals surface area contributed by atoms with Crippen LogP contribution in [-0.2, 0) is 10.0 Å². The number of hydrogen-bond acceptors (Lipinski definition) is 2. The maximum atomic E-state index is 12.6. The van der Waals surface area contributed by atoms with E-state index in [-0.39, 0.29) is 16.4 Å². The van der Waals surface area contributed by atoms with Crippen LogP contribution < -0.4 is 4.72 Å². The molecule has 6 heteroatoms. The van der Waals surface area contributed by atoms with Gasteiger partial charge in [-0.05, 0) is 58.8 Å². The lowest BCUT2D eigenvalue weighted by molar-refractivity contribution is 0.313. The second-order valence-corrected chi connectivity index (χ2v) is 9.48. The smallest absolute Gasteiger partial charge is 0.208 e. The summed E-state index contributed by atoms with van der Waals surface area (Å²) in [6.45, 7) is 6.17. The molecule has 0 saturated heterocycles. The van der Waals surface area contributed by atoms with E-state index in [1.165, 1.54) is 0 Å². The quantitative estimate of drug-likeness (QED) is 0.782. The predicted octanol–water partition coefficient (Wildman–Crippen LogP) is 4.38. The predicted molar refractivity (Wildman–Crippen MR) is 88.3 cm³/mol. The summed E-state index contributed by atoms with van der Waals surface area (Å²) in [4.78, 5) is 0.290. The zero-order chi connectivity index (χ0) is 15.1. The second kappa shape index (κ2) is 5.71. The molecule has 1 fully saturated rings. The van der Waals surface area contributed by atoms with Crippen LogP contribution in [0.2, 0.25) is 0 Å². The summed E-state index contributed by atoms with van der Waals surface area (Å²) < 4.78 is 29.5. The average Bonchev–Trinajstić information content (AvgIpc) is 2.62. The third-order valence-corrected chi connectivity index (χ3v) is 7.34. The van der Waals surface area contributed by atoms with Crippen molar-refractivity contribution < 1.29 is 8.42 Å². The van der Waals surface area contributed by atoms with Crippen LogP contribution in [0.4, 0.5) is 0 Å². The Morgan fingerprint density at radius 2 is 1.90 bits per heavy atom. The van der Waals surface area contributed by atoms with Gasteiger partial charge in [-0.2, -0.15) is 0 Å². The average molecular weight is 425 g/mol. The fourth-order valence-corrected chi connectivity index (χ4v) is 5.75. The molecule has 0 amide bonds. The molecular weight excluding hydrogens is 406 g/mol. The van der Waals surface area contributed by atoms with E-state index >= 15 is 0 Å². The Labute approximate surface area is 137 Å². The summed E-state index contributed by atoms with van der Waals surface area (Å²) >= 11 is 6.75. The molecular formula is C14H19Br2NO2S. The minimum absolute atomic E-state index is 0.000483. The first-order valence-corrected chi connectivity index (χ1v) is 9.68. The van der Waals surface area contributed by atoms with Gasteiger partial charge in [-0.25, -0.2) is 13.1 Å². The highest BCUT2D eigenvalue weighted by atomic mass is 79.9. The van der Waals surface area contributed by atoms with E-state index in [2.05, 4.69) is 50.4 Å². The summed E-state index contributed by atoms with van der Waals surface area (Å²) in [5.74, 6) is 0. The highest BCUT2D eigenvalue weighted by Crippen LogP contribution is 2.38. The summed E-state index contributed by atoms with van der Waals surface area (Å²) in [6.07, 6.45) is 3.02. The topological polar surface area (TPSA) is 46.2 Å². The van der Waals surface area contributed by atoms with Crippen molar-refractivity contribution in [2.24, 2.45) is 5.41 Å². The van der Waals surface area contributed by atoms with Gasteiger partial charge in [0.2, 0.25) is 10.0 Å². The normalized spacial score (nSPS) is 22.1. The zero-order valence-corrected chi connectivity index (χ0v) is 15.8. The molecule has 20 heavy (non-hydrogen) atoms. The Hall–Kier alpha value is 0.0900. The third-order valence-electron chi connectivity index (χ3n) is 4.06. The minimum Gasteiger partial charge on any atom is -0.208 e. The first kappa shape index (κ1) is 16.5. The Bertz CT molecular complexity index is 626. The van der Waals surface area contributed by atoms with Crippen LogP contribution in [0.5, 0.6) is 0 Å². The molecule has 1 aromatic carbocycles. The van der Waals surface area contributed by atoms with Crippen molar-refractivity contribution in [3.05, 3.63) is 26.6 Å². The molecule has 112 valence electrons. The maximum absolute atomic E-state index is 12.6. The van der Waals surface area contributed by atoms with Gasteiger partial charge in [0.1, 0.15) is 0 Å². The molecule has 0 bridgehead atoms. The van der Waals surface area contributed by atoms with Gasteiger partial charge in [0, 0.05) is 15.0 Å². The molecule has 1 saturated carbocycles. The first-order chi connectivity index (χ1) is 9.13. The van der Waals surface area contributed by atoms with Crippen LogP contribution in [0.15, 0.2) is 26.0 Å². The van der Waals surface area contributed by atoms with E-state index in [0.717, 1.165) is 29.3 Å². The lowest BCUT2D eigenvalue weighted by Gasteiger charge is -2.27. The fraction of sp³-hybridized carbons (Fsp3) is 0.571. The SMILES string of the molecule is Cc1cc(Br)c(S(=O)(=O)NC2CCCC2(C)C)cc1Br. The number of sulfonamides is 1. The number of rotatable bonds is 3. The van der Waals surface area contributed by atoms with Gasteiger partial charge < -0.3 is 0 Å². The van der Waals surface area contributed by atoms with Crippen LogP contribution in [0.3, 0.4) is 0 Å². The fourth-order valence-electron chi connectivity index (χ4n) is 2.63. The van der Waals surface area contributed by atoms with Gasteiger partial charge in [0.05, 0.1) is 4.90 Å². The highest BCUT2D eigenvalue weighted by Gasteiger charge is 2.37. The summed E-state index contributed by atoms with van der Waals surface area (Å²) in [5, 5.41) is 0. The van der Waals surface area contributed by atoms with Crippen LogP contribution in [0.1, 0.15) is 38.7 Å². The molecule has 1 aromatic rings. The molecule has 1 aliphatic rings. The first-order valence-electron chi connectivity index (χ1n) is 6.61. The van der Waals surface area contributed by atoms with E-state index in [1.54, 1.807) is 6.07 Å². The number of aryl methyl sites for hydroxylation is 1. The van der Waals surface area contributed by atoms with Crippen molar-refractivity contribution in [2.75, 3.05) is 0 Å². The van der Waals surface area contributed by atoms with E-state index in [1.807, 2.05) is 13.0 Å². The molecule has 1 atom stereocenters. The van der Waals surface area contributed by atoms with Crippen molar-refractivity contribution >= 4 is 41.9 Å². The van der Waals surface area contributed by atoms with E-state index in [4.69, 9.17) is 0 Å². The van der Waals surface area contributed by atoms with Crippen molar-refractivity contribution in [3.8, 4) is 0 Å². The van der Waals surface area contributed by atoms with Gasteiger partial charge >= 0.3 is 0 Å². The van der Waals surface area contributed by atoms with Crippen LogP contribution in [0, 0.1) is 12.3 Å². The van der Waals surface area contributed by atoms with Crippen molar-refractivity contribution in [1.29, 1.82) is 0 Å². The maximum Gasteiger partial charge on any atom is 0.241 e. The molecule has 3 nitrogen and oxygen atoms in total. The monoisotopic (exact) mass is 423 g/mol. The third kappa shape index (κ3) is 3.29. The van der Waals surface area contributed by atoms with Crippen LogP contribution in [0.25, 0.3) is 0 Å². The van der Waals surface area contributed by atoms with Crippen molar-refractivity contribution in [1.82, 2.24) is 4.72 Å². The highest BCUT2D eigenvalue weighted by molar-refractivity contribution is 9.11. The summed E-state index contributed by atoms with van der Waals surface area (Å²) in [6, 6.07) is 3.47. The molecule has 1 N–H and O–H groups in total. The van der Waals surface area contributed by atoms with Crippen molar-refractivity contribution in [2.45, 2.75) is 51.0 Å². The molecule has 0 aromatic heterocycles. The second-order valence-electron chi connectivity index (χ2n) is 6.09. The van der Waals surface area contributed by atoms with Gasteiger partial charge in [0.25, 0.3) is 0 Å². The van der Waals surface area contributed by atoms with E-state index in [0.29, 0.717) is 4.47 Å². The molecule has 2 rings (SSSR count). The molecule has 0 radical (unpaired) electrons. The van der Waals surface area contributed by atoms with Crippen LogP contribution >= 0.6 is 31.9 Å². The Balaban J connectivity index is 2.34. The molecule has 0 aliphatic heterocycles. The largest absolute Gasteiger partial charge is 0.241 e. The van der Waals surface area contributed by atoms with Gasteiger partial charge in [-0.3, -0.25) is 0 Å². The number of hydrogen-bond donors (Lipinski definition) is 1. The lowest BCUT2D eigenvalue weighted by Crippen LogP contribution is -2.41. The molecule has 0 spiro atoms. The number of halogens is 2. The standard InChI is InChI=1S/C14H19Br2NO2S/c1-9-7-11(16)12(8-10(9)15)20(18,19)17-13-5-4-6-14(13,2)3/h7-8,13,17H,4-6H2,1-3H3. The Kier molecular flexibility index (Phi) is 4.70. The van der Waals surface area contributed by atoms with Gasteiger partial charge in [-0.1, -0.05) is 36.2 Å².